The maximum Gasteiger partial charge on any atom is 0.348 e. The van der Waals surface area contributed by atoms with E-state index in [9.17, 15) is 14.4 Å². The molecule has 0 aliphatic carbocycles. The topological polar surface area (TPSA) is 102 Å². The van der Waals surface area contributed by atoms with Gasteiger partial charge < -0.3 is 10.1 Å². The van der Waals surface area contributed by atoms with Gasteiger partial charge in [0.1, 0.15) is 9.71 Å². The molecule has 3 rings (SSSR count). The fraction of sp³-hybridized carbons (Fsp3) is 0.333. The molecule has 0 unspecified atom stereocenters. The summed E-state index contributed by atoms with van der Waals surface area (Å²) in [4.78, 5) is 36.9. The third-order valence-electron chi connectivity index (χ3n) is 4.27. The Balaban J connectivity index is 1.66. The third kappa shape index (κ3) is 5.24. The van der Waals surface area contributed by atoms with Crippen LogP contribution < -0.4 is 10.6 Å². The molecule has 0 saturated carbocycles. The number of esters is 1. The summed E-state index contributed by atoms with van der Waals surface area (Å²) in [5.41, 5.74) is 3.11. The van der Waals surface area contributed by atoms with Crippen molar-refractivity contribution < 1.29 is 19.1 Å². The predicted octanol–water partition coefficient (Wildman–Crippen LogP) is 3.15. The zero-order valence-electron chi connectivity index (χ0n) is 17.3. The Morgan fingerprint density at radius 2 is 1.87 bits per heavy atom. The van der Waals surface area contributed by atoms with Crippen molar-refractivity contribution in [1.29, 1.82) is 0 Å². The summed E-state index contributed by atoms with van der Waals surface area (Å²) in [6.07, 6.45) is 0. The molecule has 8 nitrogen and oxygen atoms in total. The number of nitrogens with zero attached hydrogens (tertiary/aromatic N) is 2. The van der Waals surface area contributed by atoms with Gasteiger partial charge in [-0.15, -0.1) is 11.3 Å². The van der Waals surface area contributed by atoms with Crippen LogP contribution in [0, 0.1) is 13.8 Å². The summed E-state index contributed by atoms with van der Waals surface area (Å²) < 4.78 is 6.92. The summed E-state index contributed by atoms with van der Waals surface area (Å²) in [7, 11) is 0. The van der Waals surface area contributed by atoms with Crippen LogP contribution in [0.2, 0.25) is 0 Å². The lowest BCUT2D eigenvalue weighted by molar-refractivity contribution is -0.123. The van der Waals surface area contributed by atoms with E-state index in [4.69, 9.17) is 4.74 Å². The highest BCUT2D eigenvalue weighted by Crippen LogP contribution is 2.29. The second-order valence-electron chi connectivity index (χ2n) is 7.31. The molecule has 0 aliphatic heterocycles. The molecule has 3 amide bonds. The number of amides is 3. The smallest absolute Gasteiger partial charge is 0.348 e. The van der Waals surface area contributed by atoms with Crippen LogP contribution >= 0.6 is 11.3 Å². The molecule has 2 heterocycles. The van der Waals surface area contributed by atoms with E-state index < -0.39 is 24.5 Å². The van der Waals surface area contributed by atoms with E-state index in [-0.39, 0.29) is 6.04 Å². The Kier molecular flexibility index (Phi) is 6.51. The van der Waals surface area contributed by atoms with E-state index in [1.165, 1.54) is 16.9 Å². The maximum absolute atomic E-state index is 12.4. The average molecular weight is 429 g/mol. The molecule has 2 aromatic heterocycles. The van der Waals surface area contributed by atoms with E-state index >= 15 is 0 Å². The van der Waals surface area contributed by atoms with Crippen molar-refractivity contribution in [1.82, 2.24) is 20.4 Å². The molecule has 1 aromatic carbocycles. The van der Waals surface area contributed by atoms with E-state index in [0.717, 1.165) is 21.5 Å². The minimum atomic E-state index is -0.690. The minimum absolute atomic E-state index is 0.110. The van der Waals surface area contributed by atoms with Gasteiger partial charge in [0.15, 0.2) is 6.61 Å². The van der Waals surface area contributed by atoms with Crippen LogP contribution in [0.1, 0.15) is 40.3 Å². The number of benzene rings is 1. The molecule has 0 atom stereocenters. The third-order valence-corrected chi connectivity index (χ3v) is 5.40. The van der Waals surface area contributed by atoms with Crippen molar-refractivity contribution in [3.63, 3.8) is 0 Å². The first kappa shape index (κ1) is 21.5. The zero-order valence-corrected chi connectivity index (χ0v) is 18.1. The van der Waals surface area contributed by atoms with Crippen LogP contribution in [-0.2, 0) is 16.1 Å². The lowest BCUT2D eigenvalue weighted by Gasteiger charge is -2.09. The number of aromatic nitrogens is 2. The lowest BCUT2D eigenvalue weighted by Crippen LogP contribution is -2.44. The molecule has 0 fully saturated rings. The number of nitrogens with one attached hydrogen (secondary N) is 2. The van der Waals surface area contributed by atoms with Crippen molar-refractivity contribution in [3.05, 3.63) is 52.0 Å². The maximum atomic E-state index is 12.4. The standard InChI is InChI=1S/C21H24N4O4S/c1-12(2)22-21(28)23-18(26)11-29-20(27)17-9-16-14(4)24-25(19(16)30-17)10-15-7-5-13(3)6-8-15/h5-9,12H,10-11H2,1-4H3,(H2,22,23,26,28). The average Bonchev–Trinajstić information content (AvgIpc) is 3.22. The predicted molar refractivity (Wildman–Crippen MR) is 115 cm³/mol. The van der Waals surface area contributed by atoms with E-state index in [1.807, 2.05) is 30.7 Å². The quantitative estimate of drug-likeness (QED) is 0.587. The molecule has 2 N–H and O–H groups in total. The molecule has 158 valence electrons. The molecular weight excluding hydrogens is 404 g/mol. The number of rotatable bonds is 6. The Morgan fingerprint density at radius 3 is 2.53 bits per heavy atom. The Hall–Kier alpha value is -3.20. The molecular formula is C21H24N4O4S. The highest BCUT2D eigenvalue weighted by atomic mass is 32.1. The Labute approximate surface area is 178 Å². The zero-order chi connectivity index (χ0) is 21.8. The van der Waals surface area contributed by atoms with Gasteiger partial charge in [-0.25, -0.2) is 9.59 Å². The van der Waals surface area contributed by atoms with Crippen LogP contribution in [0.4, 0.5) is 4.79 Å². The molecule has 9 heteroatoms. The van der Waals surface area contributed by atoms with E-state index in [2.05, 4.69) is 27.9 Å². The van der Waals surface area contributed by atoms with Crippen molar-refractivity contribution >= 4 is 39.5 Å². The molecule has 30 heavy (non-hydrogen) atoms. The number of carbonyl (C=O) groups excluding carboxylic acids is 3. The first-order valence-corrected chi connectivity index (χ1v) is 10.3. The summed E-state index contributed by atoms with van der Waals surface area (Å²) in [6, 6.07) is 9.18. The molecule has 0 radical (unpaired) electrons. The summed E-state index contributed by atoms with van der Waals surface area (Å²) >= 11 is 1.26. The number of hydrogen-bond donors (Lipinski definition) is 2. The van der Waals surface area contributed by atoms with Crippen molar-refractivity contribution in [3.8, 4) is 0 Å². The molecule has 0 saturated heterocycles. The highest BCUT2D eigenvalue weighted by Gasteiger charge is 2.19. The van der Waals surface area contributed by atoms with Gasteiger partial charge in [-0.3, -0.25) is 14.8 Å². The highest BCUT2D eigenvalue weighted by molar-refractivity contribution is 7.20. The van der Waals surface area contributed by atoms with Crippen LogP contribution in [0.25, 0.3) is 10.2 Å². The number of urea groups is 1. The minimum Gasteiger partial charge on any atom is -0.451 e. The van der Waals surface area contributed by atoms with Crippen molar-refractivity contribution in [2.24, 2.45) is 0 Å². The second kappa shape index (κ2) is 9.08. The number of carbonyl (C=O) groups is 3. The molecule has 3 aromatic rings. The Morgan fingerprint density at radius 1 is 1.17 bits per heavy atom. The number of aryl methyl sites for hydroxylation is 2. The van der Waals surface area contributed by atoms with Crippen LogP contribution in [0.3, 0.4) is 0 Å². The molecule has 0 aliphatic rings. The van der Waals surface area contributed by atoms with Gasteiger partial charge in [-0.2, -0.15) is 5.10 Å². The van der Waals surface area contributed by atoms with Crippen LogP contribution in [0.5, 0.6) is 0 Å². The fourth-order valence-corrected chi connectivity index (χ4v) is 3.90. The monoisotopic (exact) mass is 428 g/mol. The van der Waals surface area contributed by atoms with Gasteiger partial charge in [0, 0.05) is 11.4 Å². The lowest BCUT2D eigenvalue weighted by atomic mass is 10.1. The van der Waals surface area contributed by atoms with E-state index in [0.29, 0.717) is 11.4 Å². The van der Waals surface area contributed by atoms with Crippen molar-refractivity contribution in [2.45, 2.75) is 40.3 Å². The first-order chi connectivity index (χ1) is 14.2. The molecule has 0 bridgehead atoms. The Bertz CT molecular complexity index is 1080. The van der Waals surface area contributed by atoms with E-state index in [1.54, 1.807) is 19.9 Å². The summed E-state index contributed by atoms with van der Waals surface area (Å²) in [5, 5.41) is 10.1. The summed E-state index contributed by atoms with van der Waals surface area (Å²) in [5.74, 6) is -1.30. The van der Waals surface area contributed by atoms with Gasteiger partial charge >= 0.3 is 12.0 Å². The normalized spacial score (nSPS) is 11.0. The SMILES string of the molecule is Cc1ccc(Cn2nc(C)c3cc(C(=O)OCC(=O)NC(=O)NC(C)C)sc32)cc1. The fourth-order valence-electron chi connectivity index (χ4n) is 2.85. The van der Waals surface area contributed by atoms with Crippen LogP contribution in [0.15, 0.2) is 30.3 Å². The number of fused-ring (bicyclic) bond motifs is 1. The van der Waals surface area contributed by atoms with Gasteiger partial charge in [0.25, 0.3) is 5.91 Å². The molecule has 0 spiro atoms. The van der Waals surface area contributed by atoms with Gasteiger partial charge in [-0.1, -0.05) is 29.8 Å². The number of thiophene rings is 1. The first-order valence-electron chi connectivity index (χ1n) is 9.53. The van der Waals surface area contributed by atoms with Crippen LogP contribution in [-0.4, -0.2) is 40.3 Å². The second-order valence-corrected chi connectivity index (χ2v) is 8.34. The van der Waals surface area contributed by atoms with Gasteiger partial charge in [0.05, 0.1) is 12.2 Å². The van der Waals surface area contributed by atoms with Gasteiger partial charge in [-0.05, 0) is 39.3 Å². The number of imide groups is 1. The number of hydrogen-bond acceptors (Lipinski definition) is 6. The van der Waals surface area contributed by atoms with Gasteiger partial charge in [0.2, 0.25) is 0 Å². The van der Waals surface area contributed by atoms with Crippen molar-refractivity contribution in [2.75, 3.05) is 6.61 Å². The summed E-state index contributed by atoms with van der Waals surface area (Å²) in [6.45, 7) is 7.52. The number of ether oxygens (including phenoxy) is 1. The largest absolute Gasteiger partial charge is 0.451 e.